The maximum atomic E-state index is 13.6. The van der Waals surface area contributed by atoms with E-state index >= 15 is 0 Å². The van der Waals surface area contributed by atoms with Crippen LogP contribution < -0.4 is 4.74 Å². The van der Waals surface area contributed by atoms with Gasteiger partial charge in [-0.05, 0) is 34.1 Å². The number of aromatic hydroxyl groups is 2. The molecule has 0 radical (unpaired) electrons. The van der Waals surface area contributed by atoms with Gasteiger partial charge in [-0.2, -0.15) is 0 Å². The van der Waals surface area contributed by atoms with Crippen LogP contribution in [0.15, 0.2) is 35.4 Å². The minimum absolute atomic E-state index is 0.0224. The van der Waals surface area contributed by atoms with E-state index in [9.17, 15) is 19.8 Å². The van der Waals surface area contributed by atoms with Crippen molar-refractivity contribution < 1.29 is 29.3 Å². The zero-order valence-corrected chi connectivity index (χ0v) is 16.9. The normalized spacial score (nSPS) is 35.5. The van der Waals surface area contributed by atoms with Crippen molar-refractivity contribution in [3.8, 4) is 17.2 Å². The average Bonchev–Trinajstić information content (AvgIpc) is 2.77. The standard InChI is InChI=1S/C23H24O6/c1-11(2)5-6-22-20(27)12-7-14-19(26)18-15(25)9-13(24)10-16(18)28-23(14,22)17(8-12)21(3,4)29-22/h5,7,9-10,12,17,24-25H,6,8H2,1-4H3. The molecular formula is C23H24O6. The molecule has 1 saturated heterocycles. The van der Waals surface area contributed by atoms with Gasteiger partial charge in [-0.1, -0.05) is 17.7 Å². The molecule has 2 fully saturated rings. The Morgan fingerprint density at radius 1 is 1.24 bits per heavy atom. The summed E-state index contributed by atoms with van der Waals surface area (Å²) >= 11 is 0. The Kier molecular flexibility index (Phi) is 3.37. The molecule has 1 saturated carbocycles. The number of carbonyl (C=O) groups is 2. The number of ether oxygens (including phenoxy) is 2. The second-order valence-corrected chi connectivity index (χ2v) is 9.36. The van der Waals surface area contributed by atoms with Crippen LogP contribution in [0.25, 0.3) is 0 Å². The first kappa shape index (κ1) is 18.4. The van der Waals surface area contributed by atoms with Crippen LogP contribution in [0.4, 0.5) is 0 Å². The van der Waals surface area contributed by atoms with Crippen LogP contribution >= 0.6 is 0 Å². The van der Waals surface area contributed by atoms with Crippen molar-refractivity contribution in [1.82, 2.24) is 0 Å². The summed E-state index contributed by atoms with van der Waals surface area (Å²) in [6.45, 7) is 7.77. The van der Waals surface area contributed by atoms with E-state index in [1.165, 1.54) is 6.07 Å². The Bertz CT molecular complexity index is 1040. The van der Waals surface area contributed by atoms with Crippen LogP contribution in [0.2, 0.25) is 0 Å². The molecule has 1 aromatic rings. The lowest BCUT2D eigenvalue weighted by Gasteiger charge is -2.56. The van der Waals surface area contributed by atoms with Crippen molar-refractivity contribution in [3.05, 3.63) is 41.0 Å². The van der Waals surface area contributed by atoms with Crippen LogP contribution in [0, 0.1) is 11.8 Å². The molecule has 29 heavy (non-hydrogen) atoms. The van der Waals surface area contributed by atoms with Gasteiger partial charge in [-0.25, -0.2) is 0 Å². The molecule has 2 aliphatic heterocycles. The van der Waals surface area contributed by atoms with E-state index in [2.05, 4.69) is 0 Å². The molecule has 6 heteroatoms. The Hall–Kier alpha value is -2.60. The van der Waals surface area contributed by atoms with Gasteiger partial charge in [0, 0.05) is 36.0 Å². The van der Waals surface area contributed by atoms with Crippen molar-refractivity contribution >= 4 is 11.6 Å². The molecular weight excluding hydrogens is 372 g/mol. The maximum Gasteiger partial charge on any atom is 0.200 e. The lowest BCUT2D eigenvalue weighted by atomic mass is 9.51. The summed E-state index contributed by atoms with van der Waals surface area (Å²) in [4.78, 5) is 27.1. The number of Topliss-reactive ketones (excluding diaryl/α,β-unsaturated/α-hetero) is 2. The zero-order chi connectivity index (χ0) is 20.9. The van der Waals surface area contributed by atoms with E-state index in [1.54, 1.807) is 6.08 Å². The number of rotatable bonds is 2. The van der Waals surface area contributed by atoms with E-state index in [4.69, 9.17) is 9.47 Å². The van der Waals surface area contributed by atoms with Gasteiger partial charge in [0.05, 0.1) is 5.60 Å². The molecule has 152 valence electrons. The summed E-state index contributed by atoms with van der Waals surface area (Å²) in [6, 6.07) is 2.45. The van der Waals surface area contributed by atoms with Gasteiger partial charge in [0.25, 0.3) is 0 Å². The lowest BCUT2D eigenvalue weighted by Crippen LogP contribution is -2.72. The highest BCUT2D eigenvalue weighted by atomic mass is 16.6. The van der Waals surface area contributed by atoms with E-state index < -0.39 is 22.7 Å². The van der Waals surface area contributed by atoms with Gasteiger partial charge in [0.15, 0.2) is 22.8 Å². The van der Waals surface area contributed by atoms with Gasteiger partial charge in [-0.3, -0.25) is 9.59 Å². The number of fused-ring (bicyclic) bond motifs is 1. The minimum Gasteiger partial charge on any atom is -0.508 e. The number of carbonyl (C=O) groups excluding carboxylic acids is 2. The summed E-state index contributed by atoms with van der Waals surface area (Å²) in [5, 5.41) is 20.3. The van der Waals surface area contributed by atoms with Crippen molar-refractivity contribution in [3.63, 3.8) is 0 Å². The summed E-state index contributed by atoms with van der Waals surface area (Å²) < 4.78 is 13.0. The van der Waals surface area contributed by atoms with Gasteiger partial charge in [-0.15, -0.1) is 0 Å². The number of phenols is 2. The monoisotopic (exact) mass is 396 g/mol. The third-order valence-electron chi connectivity index (χ3n) is 6.97. The fourth-order valence-corrected chi connectivity index (χ4v) is 5.88. The predicted octanol–water partition coefficient (Wildman–Crippen LogP) is 3.46. The number of hydrogen-bond acceptors (Lipinski definition) is 6. The third kappa shape index (κ3) is 2.00. The molecule has 3 aliphatic carbocycles. The van der Waals surface area contributed by atoms with Gasteiger partial charge >= 0.3 is 0 Å². The van der Waals surface area contributed by atoms with Crippen LogP contribution in [0.3, 0.4) is 0 Å². The smallest absolute Gasteiger partial charge is 0.200 e. The number of phenolic OH excluding ortho intramolecular Hbond substituents is 2. The summed E-state index contributed by atoms with van der Waals surface area (Å²) in [5.74, 6) is -1.53. The van der Waals surface area contributed by atoms with Gasteiger partial charge in [0.2, 0.25) is 0 Å². The van der Waals surface area contributed by atoms with E-state index in [-0.39, 0.29) is 40.3 Å². The molecule has 0 amide bonds. The average molecular weight is 396 g/mol. The first-order valence-corrected chi connectivity index (χ1v) is 9.93. The molecule has 4 bridgehead atoms. The van der Waals surface area contributed by atoms with Crippen LogP contribution in [0.5, 0.6) is 17.2 Å². The number of hydrogen-bond donors (Lipinski definition) is 2. The molecule has 6 rings (SSSR count). The largest absolute Gasteiger partial charge is 0.508 e. The van der Waals surface area contributed by atoms with Crippen LogP contribution in [0.1, 0.15) is 50.9 Å². The Balaban J connectivity index is 1.82. The van der Waals surface area contributed by atoms with E-state index in [0.29, 0.717) is 18.4 Å². The molecule has 0 aromatic heterocycles. The molecule has 2 heterocycles. The second-order valence-electron chi connectivity index (χ2n) is 9.36. The summed E-state index contributed by atoms with van der Waals surface area (Å²) in [5.41, 5.74) is -1.83. The van der Waals surface area contributed by atoms with Gasteiger partial charge < -0.3 is 19.7 Å². The highest BCUT2D eigenvalue weighted by Gasteiger charge is 2.81. The summed E-state index contributed by atoms with van der Waals surface area (Å²) in [6.07, 6.45) is 4.50. The lowest BCUT2D eigenvalue weighted by molar-refractivity contribution is -0.171. The molecule has 4 atom stereocenters. The molecule has 6 nitrogen and oxygen atoms in total. The molecule has 5 aliphatic rings. The van der Waals surface area contributed by atoms with Crippen molar-refractivity contribution in [2.45, 2.75) is 57.3 Å². The molecule has 4 unspecified atom stereocenters. The minimum atomic E-state index is -1.32. The van der Waals surface area contributed by atoms with E-state index in [1.807, 2.05) is 33.8 Å². The SMILES string of the molecule is CC(C)=CCC12OC(C)(C)C3CC(C=C4C(=O)c5c(O)cc(O)cc5OC431)C2=O. The number of benzene rings is 1. The van der Waals surface area contributed by atoms with Crippen LogP contribution in [-0.2, 0) is 9.53 Å². The van der Waals surface area contributed by atoms with Gasteiger partial charge in [0.1, 0.15) is 22.8 Å². The Morgan fingerprint density at radius 2 is 1.97 bits per heavy atom. The zero-order valence-electron chi connectivity index (χ0n) is 16.9. The predicted molar refractivity (Wildman–Crippen MR) is 104 cm³/mol. The molecule has 1 spiro atoms. The quantitative estimate of drug-likeness (QED) is 0.744. The van der Waals surface area contributed by atoms with Crippen LogP contribution in [-0.4, -0.2) is 38.6 Å². The Morgan fingerprint density at radius 3 is 2.66 bits per heavy atom. The number of ketones is 2. The fourth-order valence-electron chi connectivity index (χ4n) is 5.88. The first-order chi connectivity index (χ1) is 13.5. The number of allylic oxidation sites excluding steroid dienone is 2. The highest BCUT2D eigenvalue weighted by Crippen LogP contribution is 2.67. The summed E-state index contributed by atoms with van der Waals surface area (Å²) in [7, 11) is 0. The van der Waals surface area contributed by atoms with Crippen molar-refractivity contribution in [2.75, 3.05) is 0 Å². The fraction of sp³-hybridized carbons (Fsp3) is 0.478. The third-order valence-corrected chi connectivity index (χ3v) is 6.97. The molecule has 2 N–H and O–H groups in total. The highest BCUT2D eigenvalue weighted by molar-refractivity contribution is 6.18. The Labute approximate surface area is 168 Å². The van der Waals surface area contributed by atoms with Crippen molar-refractivity contribution in [2.24, 2.45) is 11.8 Å². The maximum absolute atomic E-state index is 13.6. The van der Waals surface area contributed by atoms with E-state index in [0.717, 1.165) is 11.6 Å². The second kappa shape index (κ2) is 5.30. The van der Waals surface area contributed by atoms with Crippen molar-refractivity contribution in [1.29, 1.82) is 0 Å². The first-order valence-electron chi connectivity index (χ1n) is 9.93. The topological polar surface area (TPSA) is 93.1 Å². The molecule has 1 aromatic carbocycles.